The Bertz CT molecular complexity index is 635. The molecule has 1 aliphatic rings. The zero-order valence-corrected chi connectivity index (χ0v) is 11.4. The van der Waals surface area contributed by atoms with E-state index in [9.17, 15) is 10.2 Å². The maximum absolute atomic E-state index is 9.64. The molecule has 0 aromatic heterocycles. The predicted octanol–water partition coefficient (Wildman–Crippen LogP) is 2.78. The smallest absolute Gasteiger partial charge is 0.124 e. The fraction of sp³-hybridized carbons (Fsp3) is 0.176. The number of phenols is 2. The number of rotatable bonds is 4. The molecule has 2 aromatic carbocycles. The van der Waals surface area contributed by atoms with E-state index >= 15 is 0 Å². The minimum Gasteiger partial charge on any atom is -0.507 e. The number of aliphatic imine (C=N–C) groups is 2. The topological polar surface area (TPSA) is 65.2 Å². The summed E-state index contributed by atoms with van der Waals surface area (Å²) in [5.41, 5.74) is 1.43. The van der Waals surface area contributed by atoms with E-state index in [4.69, 9.17) is 0 Å². The third-order valence-corrected chi connectivity index (χ3v) is 3.41. The van der Waals surface area contributed by atoms with Crippen molar-refractivity contribution in [2.45, 2.75) is 18.5 Å². The Balaban J connectivity index is 1.60. The van der Waals surface area contributed by atoms with Crippen LogP contribution in [0.1, 0.15) is 17.5 Å². The third-order valence-electron chi connectivity index (χ3n) is 3.41. The first-order valence-electron chi connectivity index (χ1n) is 6.86. The lowest BCUT2D eigenvalue weighted by Crippen LogP contribution is -1.91. The van der Waals surface area contributed by atoms with E-state index in [1.165, 1.54) is 0 Å². The molecule has 21 heavy (non-hydrogen) atoms. The second-order valence-electron chi connectivity index (χ2n) is 5.04. The normalized spacial score (nSPS) is 21.1. The number of benzene rings is 2. The van der Waals surface area contributed by atoms with Crippen molar-refractivity contribution in [3.8, 4) is 11.5 Å². The zero-order chi connectivity index (χ0) is 14.7. The van der Waals surface area contributed by atoms with Gasteiger partial charge in [-0.3, -0.25) is 9.98 Å². The summed E-state index contributed by atoms with van der Waals surface area (Å²) in [7, 11) is 0. The van der Waals surface area contributed by atoms with E-state index in [2.05, 4.69) is 9.98 Å². The molecule has 2 aromatic rings. The molecule has 106 valence electrons. The zero-order valence-electron chi connectivity index (χ0n) is 11.4. The van der Waals surface area contributed by atoms with Crippen LogP contribution in [0.3, 0.4) is 0 Å². The molecule has 2 atom stereocenters. The Kier molecular flexibility index (Phi) is 3.69. The molecule has 4 heteroatoms. The van der Waals surface area contributed by atoms with E-state index < -0.39 is 0 Å². The van der Waals surface area contributed by atoms with Gasteiger partial charge in [0.05, 0.1) is 12.1 Å². The van der Waals surface area contributed by atoms with Crippen LogP contribution in [0.5, 0.6) is 11.5 Å². The highest BCUT2D eigenvalue weighted by atomic mass is 16.3. The first-order chi connectivity index (χ1) is 10.2. The van der Waals surface area contributed by atoms with E-state index in [1.807, 2.05) is 24.3 Å². The molecule has 2 N–H and O–H groups in total. The average Bonchev–Trinajstić information content (AvgIpc) is 3.24. The largest absolute Gasteiger partial charge is 0.507 e. The highest BCUT2D eigenvalue weighted by Crippen LogP contribution is 2.29. The van der Waals surface area contributed by atoms with Crippen molar-refractivity contribution in [1.29, 1.82) is 0 Å². The number of nitrogens with zero attached hydrogens (tertiary/aromatic N) is 2. The molecule has 0 aliphatic heterocycles. The van der Waals surface area contributed by atoms with Gasteiger partial charge in [0.2, 0.25) is 0 Å². The first-order valence-corrected chi connectivity index (χ1v) is 6.86. The average molecular weight is 280 g/mol. The molecule has 1 saturated carbocycles. The molecular weight excluding hydrogens is 264 g/mol. The molecule has 1 aliphatic carbocycles. The Labute approximate surface area is 123 Å². The van der Waals surface area contributed by atoms with Crippen LogP contribution in [0.4, 0.5) is 0 Å². The van der Waals surface area contributed by atoms with Crippen LogP contribution in [0.15, 0.2) is 58.5 Å². The lowest BCUT2D eigenvalue weighted by molar-refractivity contribution is 0.474. The molecule has 3 rings (SSSR count). The molecule has 0 amide bonds. The van der Waals surface area contributed by atoms with Crippen LogP contribution in [-0.2, 0) is 0 Å². The molecule has 4 nitrogen and oxygen atoms in total. The number of hydrogen-bond acceptors (Lipinski definition) is 4. The summed E-state index contributed by atoms with van der Waals surface area (Å²) in [4.78, 5) is 8.84. The van der Waals surface area contributed by atoms with E-state index in [0.717, 1.165) is 6.42 Å². The van der Waals surface area contributed by atoms with Crippen molar-refractivity contribution in [3.63, 3.8) is 0 Å². The van der Waals surface area contributed by atoms with Crippen molar-refractivity contribution < 1.29 is 10.2 Å². The van der Waals surface area contributed by atoms with Gasteiger partial charge < -0.3 is 10.2 Å². The molecule has 0 saturated heterocycles. The molecule has 0 radical (unpaired) electrons. The Morgan fingerprint density at radius 3 is 1.62 bits per heavy atom. The monoisotopic (exact) mass is 280 g/mol. The predicted molar refractivity (Wildman–Crippen MR) is 83.6 cm³/mol. The van der Waals surface area contributed by atoms with Crippen LogP contribution in [0.25, 0.3) is 0 Å². The highest BCUT2D eigenvalue weighted by molar-refractivity contribution is 5.84. The van der Waals surface area contributed by atoms with E-state index in [1.54, 1.807) is 36.7 Å². The van der Waals surface area contributed by atoms with Gasteiger partial charge in [-0.25, -0.2) is 0 Å². The second-order valence-corrected chi connectivity index (χ2v) is 5.04. The second kappa shape index (κ2) is 5.79. The summed E-state index contributed by atoms with van der Waals surface area (Å²) in [6.45, 7) is 0. The van der Waals surface area contributed by atoms with Gasteiger partial charge in [-0.15, -0.1) is 0 Å². The molecule has 0 bridgehead atoms. The molecule has 0 heterocycles. The lowest BCUT2D eigenvalue weighted by atomic mass is 10.2. The van der Waals surface area contributed by atoms with Gasteiger partial charge in [0.25, 0.3) is 0 Å². The van der Waals surface area contributed by atoms with Crippen molar-refractivity contribution >= 4 is 12.4 Å². The number of para-hydroxylation sites is 2. The standard InChI is InChI=1S/C17H16N2O2/c20-16-7-3-1-5-12(16)10-18-14-9-15(14)19-11-13-6-2-4-8-17(13)21/h1-8,10-11,14-15,20-21H,9H2/t14-,15-/m0/s1. The Morgan fingerprint density at radius 1 is 0.762 bits per heavy atom. The highest BCUT2D eigenvalue weighted by Gasteiger charge is 2.35. The van der Waals surface area contributed by atoms with Crippen LogP contribution in [-0.4, -0.2) is 34.7 Å². The first kappa shape index (κ1) is 13.4. The van der Waals surface area contributed by atoms with Gasteiger partial charge >= 0.3 is 0 Å². The Morgan fingerprint density at radius 2 is 1.19 bits per heavy atom. The van der Waals surface area contributed by atoms with Crippen LogP contribution in [0, 0.1) is 0 Å². The summed E-state index contributed by atoms with van der Waals surface area (Å²) < 4.78 is 0. The van der Waals surface area contributed by atoms with Gasteiger partial charge in [0.1, 0.15) is 11.5 Å². The van der Waals surface area contributed by atoms with Crippen molar-refractivity contribution in [3.05, 3.63) is 59.7 Å². The third kappa shape index (κ3) is 3.28. The SMILES string of the molecule is Oc1ccccc1C=N[C@H]1C[C@@H]1N=Cc1ccccc1O. The molecule has 1 fully saturated rings. The van der Waals surface area contributed by atoms with E-state index in [0.29, 0.717) is 11.1 Å². The summed E-state index contributed by atoms with van der Waals surface area (Å²) in [6, 6.07) is 14.5. The van der Waals surface area contributed by atoms with Gasteiger partial charge in [0.15, 0.2) is 0 Å². The fourth-order valence-electron chi connectivity index (χ4n) is 2.03. The number of hydrogen-bond donors (Lipinski definition) is 2. The maximum atomic E-state index is 9.64. The minimum absolute atomic E-state index is 0.159. The molecular formula is C17H16N2O2. The summed E-state index contributed by atoms with van der Waals surface area (Å²) >= 11 is 0. The van der Waals surface area contributed by atoms with Crippen molar-refractivity contribution in [1.82, 2.24) is 0 Å². The molecule has 0 spiro atoms. The van der Waals surface area contributed by atoms with Crippen LogP contribution in [0.2, 0.25) is 0 Å². The summed E-state index contributed by atoms with van der Waals surface area (Å²) in [5, 5.41) is 19.3. The summed E-state index contributed by atoms with van der Waals surface area (Å²) in [5.74, 6) is 0.465. The minimum atomic E-state index is 0.159. The van der Waals surface area contributed by atoms with Gasteiger partial charge in [-0.2, -0.15) is 0 Å². The fourth-order valence-corrected chi connectivity index (χ4v) is 2.03. The summed E-state index contributed by atoms with van der Waals surface area (Å²) in [6.07, 6.45) is 4.28. The van der Waals surface area contributed by atoms with Gasteiger partial charge in [-0.1, -0.05) is 24.3 Å². The van der Waals surface area contributed by atoms with Crippen molar-refractivity contribution in [2.24, 2.45) is 9.98 Å². The quantitative estimate of drug-likeness (QED) is 0.846. The van der Waals surface area contributed by atoms with Crippen molar-refractivity contribution in [2.75, 3.05) is 0 Å². The van der Waals surface area contributed by atoms with E-state index in [-0.39, 0.29) is 23.6 Å². The Hall–Kier alpha value is -2.62. The van der Waals surface area contributed by atoms with Gasteiger partial charge in [-0.05, 0) is 30.7 Å². The van der Waals surface area contributed by atoms with Crippen LogP contribution >= 0.6 is 0 Å². The van der Waals surface area contributed by atoms with Gasteiger partial charge in [0, 0.05) is 23.6 Å². The lowest BCUT2D eigenvalue weighted by Gasteiger charge is -1.97. The number of aromatic hydroxyl groups is 2. The maximum Gasteiger partial charge on any atom is 0.124 e. The van der Waals surface area contributed by atoms with Crippen LogP contribution < -0.4 is 0 Å². The number of phenolic OH excluding ortho intramolecular Hbond substituents is 2. The molecule has 0 unspecified atom stereocenters.